The molecule has 4 aromatic carbocycles. The Hall–Kier alpha value is -6.28. The predicted molar refractivity (Wildman–Crippen MR) is 234 cm³/mol. The summed E-state index contributed by atoms with van der Waals surface area (Å²) in [4.78, 5) is 39.9. The van der Waals surface area contributed by atoms with Gasteiger partial charge in [-0.15, -0.1) is 23.5 Å². The van der Waals surface area contributed by atoms with Crippen LogP contribution in [-0.2, 0) is 23.1 Å². The predicted octanol–water partition coefficient (Wildman–Crippen LogP) is 7.91. The van der Waals surface area contributed by atoms with Gasteiger partial charge in [-0.05, 0) is 60.7 Å². The number of carbonyl (C=O) groups excluding carboxylic acids is 3. The first-order valence-corrected chi connectivity index (χ1v) is 19.2. The highest BCUT2D eigenvalue weighted by atomic mass is 19.2. The van der Waals surface area contributed by atoms with E-state index in [2.05, 4.69) is 41.7 Å². The smallest absolute Gasteiger partial charge is 0.278 e. The summed E-state index contributed by atoms with van der Waals surface area (Å²) in [7, 11) is 1.68. The van der Waals surface area contributed by atoms with E-state index < -0.39 is 6.17 Å². The topological polar surface area (TPSA) is 181 Å². The maximum atomic E-state index is 13.5. The molecule has 1 aromatic heterocycles. The third-order valence-corrected chi connectivity index (χ3v) is 9.42. The Labute approximate surface area is 334 Å². The number of hydrogen-bond acceptors (Lipinski definition) is 9. The van der Waals surface area contributed by atoms with Gasteiger partial charge in [0, 0.05) is 60.0 Å². The maximum absolute atomic E-state index is 13.5. The molecule has 2 unspecified atom stereocenters. The monoisotopic (exact) mass is 780 g/mol. The number of carbonyl (C=O) groups is 3. The van der Waals surface area contributed by atoms with Crippen LogP contribution in [0.15, 0.2) is 85.0 Å². The second kappa shape index (κ2) is 20.6. The van der Waals surface area contributed by atoms with E-state index >= 15 is 0 Å². The highest BCUT2D eigenvalue weighted by molar-refractivity contribution is 6.43. The van der Waals surface area contributed by atoms with E-state index in [4.69, 9.17) is 17.2 Å². The summed E-state index contributed by atoms with van der Waals surface area (Å²) in [6, 6.07) is 21.2. The fourth-order valence-corrected chi connectivity index (χ4v) is 6.88. The van der Waals surface area contributed by atoms with Gasteiger partial charge in [0.1, 0.15) is 17.7 Å². The van der Waals surface area contributed by atoms with Crippen LogP contribution in [-0.4, -0.2) is 58.2 Å². The Morgan fingerprint density at radius 3 is 2.07 bits per heavy atom. The van der Waals surface area contributed by atoms with Crippen LogP contribution in [0.2, 0.25) is 0 Å². The van der Waals surface area contributed by atoms with E-state index in [0.717, 1.165) is 56.9 Å². The first-order valence-electron chi connectivity index (χ1n) is 19.2. The Morgan fingerprint density at radius 2 is 1.51 bits per heavy atom. The van der Waals surface area contributed by atoms with Crippen molar-refractivity contribution in [1.29, 1.82) is 0 Å². The van der Waals surface area contributed by atoms with Crippen molar-refractivity contribution in [2.45, 2.75) is 73.4 Å². The van der Waals surface area contributed by atoms with Crippen LogP contribution < -0.4 is 32.3 Å². The van der Waals surface area contributed by atoms with Gasteiger partial charge in [-0.3, -0.25) is 19.1 Å². The van der Waals surface area contributed by atoms with Crippen molar-refractivity contribution >= 4 is 74.0 Å². The number of nitrogen functional groups attached to an aromatic ring is 2. The number of aryl methyl sites for hydroxylation is 1. The first-order chi connectivity index (χ1) is 27.4. The zero-order valence-electron chi connectivity index (χ0n) is 34.3. The molecule has 0 saturated heterocycles. The molecule has 2 aliphatic rings. The lowest BCUT2D eigenvalue weighted by Gasteiger charge is -2.19. The van der Waals surface area contributed by atoms with Gasteiger partial charge < -0.3 is 32.3 Å². The summed E-state index contributed by atoms with van der Waals surface area (Å²) in [6.07, 6.45) is 1.29. The molecule has 2 aliphatic heterocycles. The zero-order valence-corrected chi connectivity index (χ0v) is 34.3. The van der Waals surface area contributed by atoms with Crippen molar-refractivity contribution < 1.29 is 18.9 Å². The third-order valence-electron chi connectivity index (χ3n) is 9.42. The quantitative estimate of drug-likeness (QED) is 0.0245. The molecule has 304 valence electrons. The summed E-state index contributed by atoms with van der Waals surface area (Å²) in [5.41, 5.74) is 23.3. The van der Waals surface area contributed by atoms with Crippen LogP contribution in [0, 0.1) is 0 Å². The number of hydrogen-bond donors (Lipinski definition) is 4. The fraction of sp³-hybridized carbons (Fsp3) is 0.326. The van der Waals surface area contributed by atoms with Crippen molar-refractivity contribution in [2.75, 3.05) is 39.7 Å². The molecule has 0 radical (unpaired) electrons. The molecule has 7 rings (SSSR count). The number of amides is 3. The molecular formula is C43H57FN10O3. The van der Waals surface area contributed by atoms with E-state index in [-0.39, 0.29) is 34.4 Å². The Balaban J connectivity index is 0.000000272. The molecule has 14 heteroatoms. The molecular weight excluding hydrogens is 724 g/mol. The summed E-state index contributed by atoms with van der Waals surface area (Å²) in [5, 5.41) is 14.6. The van der Waals surface area contributed by atoms with Crippen LogP contribution >= 0.6 is 0 Å². The summed E-state index contributed by atoms with van der Waals surface area (Å²) < 4.78 is 15.0. The number of nitrogens with two attached hydrogens (primary N) is 3. The van der Waals surface area contributed by atoms with Gasteiger partial charge >= 0.3 is 0 Å². The van der Waals surface area contributed by atoms with Crippen molar-refractivity contribution in [3.8, 4) is 0 Å². The normalized spacial score (nSPS) is 14.3. The summed E-state index contributed by atoms with van der Waals surface area (Å²) in [6.45, 7) is 20.1. The summed E-state index contributed by atoms with van der Waals surface area (Å²) >= 11 is 0. The van der Waals surface area contributed by atoms with Gasteiger partial charge in [-0.2, -0.15) is 5.10 Å². The number of aromatic nitrogens is 2. The number of benzene rings is 4. The van der Waals surface area contributed by atoms with E-state index in [0.29, 0.717) is 36.7 Å². The molecule has 7 N–H and O–H groups in total. The van der Waals surface area contributed by atoms with Gasteiger partial charge in [-0.1, -0.05) is 87.6 Å². The lowest BCUT2D eigenvalue weighted by Crippen LogP contribution is -2.37. The molecule has 0 saturated carbocycles. The van der Waals surface area contributed by atoms with Crippen LogP contribution in [0.25, 0.3) is 21.5 Å². The minimum absolute atomic E-state index is 0.0365. The average molecular weight is 781 g/mol. The SMILES string of the molecule is C/C(=N\N(F)C(C)N)C(=O)N1CCc2c1cc(N)c1ccccc21.C=C.CC.CC.CCC1CN(C(=O)c2cc(NC=O)n(C)n2)c2cc(N)c3ccccc3c21. The molecule has 57 heavy (non-hydrogen) atoms. The van der Waals surface area contributed by atoms with Crippen LogP contribution in [0.5, 0.6) is 0 Å². The summed E-state index contributed by atoms with van der Waals surface area (Å²) in [5.74, 6) is 0.159. The highest BCUT2D eigenvalue weighted by Crippen LogP contribution is 2.45. The molecule has 3 amide bonds. The fourth-order valence-electron chi connectivity index (χ4n) is 6.88. The molecule has 13 nitrogen and oxygen atoms in total. The second-order valence-electron chi connectivity index (χ2n) is 12.7. The van der Waals surface area contributed by atoms with Crippen molar-refractivity contribution in [3.63, 3.8) is 0 Å². The lowest BCUT2D eigenvalue weighted by molar-refractivity contribution is -0.113. The van der Waals surface area contributed by atoms with Gasteiger partial charge in [0.05, 0.1) is 5.69 Å². The van der Waals surface area contributed by atoms with Gasteiger partial charge in [0.25, 0.3) is 11.8 Å². The number of nitrogens with one attached hydrogen (secondary N) is 1. The van der Waals surface area contributed by atoms with Crippen molar-refractivity contribution in [3.05, 3.63) is 96.7 Å². The molecule has 2 atom stereocenters. The Kier molecular flexibility index (Phi) is 16.3. The molecule has 0 fully saturated rings. The van der Waals surface area contributed by atoms with Gasteiger partial charge in [0.15, 0.2) is 5.69 Å². The second-order valence-corrected chi connectivity index (χ2v) is 12.7. The number of anilines is 5. The van der Waals surface area contributed by atoms with E-state index in [1.54, 1.807) is 29.0 Å². The molecule has 3 heterocycles. The minimum atomic E-state index is -0.918. The van der Waals surface area contributed by atoms with E-state index in [9.17, 15) is 18.9 Å². The largest absolute Gasteiger partial charge is 0.398 e. The number of nitrogens with zero attached hydrogens (tertiary/aromatic N) is 6. The van der Waals surface area contributed by atoms with Crippen LogP contribution in [0.3, 0.4) is 0 Å². The standard InChI is InChI=1S/C20H21N5O2.C17H20FN5O.2C2H6.C2H4/c1-3-12-10-25(20(27)16-9-18(22-11-26)24(2)23-16)17-8-15(21)13-6-4-5-7-14(13)19(12)17;1-10(21-23(18)11(2)19)17(24)22-8-7-14-12-5-3-4-6-13(12)15(20)9-16(14)22;3*1-2/h4-9,11-12H,3,10,21H2,1-2H3,(H,22,26);3-6,9,11H,7-8,19-20H2,1-2H3;2*1-2H3;1-2H2/b;21-10+;;;. The first kappa shape index (κ1) is 45.1. The number of halogens is 1. The molecule has 0 bridgehead atoms. The Morgan fingerprint density at radius 1 is 0.965 bits per heavy atom. The van der Waals surface area contributed by atoms with Crippen molar-refractivity contribution in [1.82, 2.24) is 15.0 Å². The van der Waals surface area contributed by atoms with Gasteiger partial charge in [-0.25, -0.2) is 0 Å². The zero-order chi connectivity index (χ0) is 42.6. The number of hydrazone groups is 1. The molecule has 0 spiro atoms. The lowest BCUT2D eigenvalue weighted by atomic mass is 9.92. The average Bonchev–Trinajstić information content (AvgIpc) is 3.95. The maximum Gasteiger partial charge on any atom is 0.278 e. The molecule has 5 aromatic rings. The van der Waals surface area contributed by atoms with Crippen molar-refractivity contribution in [2.24, 2.45) is 17.9 Å². The third kappa shape index (κ3) is 9.41. The number of fused-ring (bicyclic) bond motifs is 6. The Bertz CT molecular complexity index is 2220. The van der Waals surface area contributed by atoms with Crippen LogP contribution in [0.4, 0.5) is 33.0 Å². The minimum Gasteiger partial charge on any atom is -0.398 e. The number of rotatable bonds is 7. The van der Waals surface area contributed by atoms with E-state index in [1.165, 1.54) is 18.5 Å². The highest BCUT2D eigenvalue weighted by Gasteiger charge is 2.35. The van der Waals surface area contributed by atoms with E-state index in [1.807, 2.05) is 76.2 Å². The molecule has 0 aliphatic carbocycles. The van der Waals surface area contributed by atoms with Gasteiger partial charge in [0.2, 0.25) is 6.41 Å². The van der Waals surface area contributed by atoms with Crippen LogP contribution in [0.1, 0.15) is 82.4 Å².